The van der Waals surface area contributed by atoms with Crippen LogP contribution in [0.5, 0.6) is 5.75 Å². The lowest BCUT2D eigenvalue weighted by molar-refractivity contribution is 0.0488. The van der Waals surface area contributed by atoms with Gasteiger partial charge in [0.2, 0.25) is 0 Å². The van der Waals surface area contributed by atoms with Gasteiger partial charge in [-0.2, -0.15) is 0 Å². The first-order valence-corrected chi connectivity index (χ1v) is 17.3. The molecule has 260 valence electrons. The maximum Gasteiger partial charge on any atom is 0.410 e. The lowest BCUT2D eigenvalue weighted by Gasteiger charge is -2.29. The standard InChI is InChI=1S/C38H39FN4O6S/c1-38(2,3)49-36(44)40-16-18-46-19-20-47-32-22-27(39)12-13-29(32)34-35-30(15-21-50-35)33(41-42-34)28-11-7-10-26-14-17-43(23-31(26)28)37(45)48-24-25-8-5-4-6-9-25/h4-13,15,21-22H,14,16-20,23-24H2,1-3H3,(H,40,44). The number of carbonyl (C=O) groups is 2. The van der Waals surface area contributed by atoms with Crippen molar-refractivity contribution in [2.75, 3.05) is 32.9 Å². The Kier molecular flexibility index (Phi) is 10.9. The number of aromatic nitrogens is 2. The van der Waals surface area contributed by atoms with Crippen molar-refractivity contribution in [3.8, 4) is 28.3 Å². The summed E-state index contributed by atoms with van der Waals surface area (Å²) in [6.07, 6.45) is -0.174. The van der Waals surface area contributed by atoms with E-state index in [-0.39, 0.29) is 39.1 Å². The quantitative estimate of drug-likeness (QED) is 0.139. The molecule has 3 aromatic carbocycles. The maximum absolute atomic E-state index is 14.4. The van der Waals surface area contributed by atoms with Crippen molar-refractivity contribution in [1.29, 1.82) is 0 Å². The maximum atomic E-state index is 14.4. The molecule has 12 heteroatoms. The molecule has 6 rings (SSSR count). The van der Waals surface area contributed by atoms with Gasteiger partial charge in [0, 0.05) is 42.2 Å². The van der Waals surface area contributed by atoms with E-state index in [1.807, 2.05) is 53.9 Å². The van der Waals surface area contributed by atoms with E-state index >= 15 is 0 Å². The van der Waals surface area contributed by atoms with Gasteiger partial charge in [-0.25, -0.2) is 14.0 Å². The summed E-state index contributed by atoms with van der Waals surface area (Å²) in [4.78, 5) is 26.6. The van der Waals surface area contributed by atoms with Gasteiger partial charge >= 0.3 is 12.2 Å². The van der Waals surface area contributed by atoms with Gasteiger partial charge in [0.1, 0.15) is 41.8 Å². The number of carbonyl (C=O) groups excluding carboxylic acids is 2. The Morgan fingerprint density at radius 3 is 2.58 bits per heavy atom. The Labute approximate surface area is 294 Å². The van der Waals surface area contributed by atoms with E-state index in [1.54, 1.807) is 31.7 Å². The second-order valence-electron chi connectivity index (χ2n) is 12.7. The fourth-order valence-electron chi connectivity index (χ4n) is 5.69. The van der Waals surface area contributed by atoms with Crippen LogP contribution in [0.25, 0.3) is 32.6 Å². The fraction of sp³-hybridized carbons (Fsp3) is 0.316. The molecule has 50 heavy (non-hydrogen) atoms. The smallest absolute Gasteiger partial charge is 0.410 e. The topological polar surface area (TPSA) is 112 Å². The summed E-state index contributed by atoms with van der Waals surface area (Å²) in [7, 11) is 0. The van der Waals surface area contributed by atoms with Crippen LogP contribution in [0, 0.1) is 5.82 Å². The van der Waals surface area contributed by atoms with Gasteiger partial charge in [-0.15, -0.1) is 21.5 Å². The van der Waals surface area contributed by atoms with Gasteiger partial charge < -0.3 is 29.2 Å². The minimum Gasteiger partial charge on any atom is -0.490 e. The number of nitrogens with zero attached hydrogens (tertiary/aromatic N) is 3. The normalized spacial score (nSPS) is 12.8. The molecule has 10 nitrogen and oxygen atoms in total. The third-order valence-corrected chi connectivity index (χ3v) is 8.90. The number of fused-ring (bicyclic) bond motifs is 2. The molecule has 1 aliphatic rings. The van der Waals surface area contributed by atoms with Crippen LogP contribution in [0.4, 0.5) is 14.0 Å². The molecule has 2 amide bonds. The number of amides is 2. The van der Waals surface area contributed by atoms with Crippen LogP contribution in [0.2, 0.25) is 0 Å². The van der Waals surface area contributed by atoms with Crippen LogP contribution in [-0.2, 0) is 33.8 Å². The highest BCUT2D eigenvalue weighted by molar-refractivity contribution is 7.17. The second-order valence-corrected chi connectivity index (χ2v) is 13.7. The van der Waals surface area contributed by atoms with Gasteiger partial charge in [-0.3, -0.25) is 0 Å². The molecule has 1 aliphatic heterocycles. The molecule has 2 aromatic heterocycles. The molecule has 0 aliphatic carbocycles. The van der Waals surface area contributed by atoms with Gasteiger partial charge in [0.05, 0.1) is 17.9 Å². The van der Waals surface area contributed by atoms with Crippen LogP contribution in [0.15, 0.2) is 78.2 Å². The van der Waals surface area contributed by atoms with Gasteiger partial charge in [-0.1, -0.05) is 48.5 Å². The van der Waals surface area contributed by atoms with Crippen molar-refractivity contribution >= 4 is 33.6 Å². The fourth-order valence-corrected chi connectivity index (χ4v) is 6.58. The predicted octanol–water partition coefficient (Wildman–Crippen LogP) is 7.78. The average molecular weight is 699 g/mol. The van der Waals surface area contributed by atoms with Crippen LogP contribution in [0.1, 0.15) is 37.5 Å². The molecule has 0 fully saturated rings. The van der Waals surface area contributed by atoms with E-state index in [0.29, 0.717) is 42.2 Å². The summed E-state index contributed by atoms with van der Waals surface area (Å²) < 4.78 is 37.7. The Morgan fingerprint density at radius 1 is 0.940 bits per heavy atom. The molecule has 1 N–H and O–H groups in total. The van der Waals surface area contributed by atoms with E-state index in [9.17, 15) is 14.0 Å². The van der Waals surface area contributed by atoms with E-state index < -0.39 is 17.5 Å². The first-order valence-electron chi connectivity index (χ1n) is 16.4. The number of ether oxygens (including phenoxy) is 4. The van der Waals surface area contributed by atoms with Crippen LogP contribution in [0.3, 0.4) is 0 Å². The van der Waals surface area contributed by atoms with E-state index in [4.69, 9.17) is 24.0 Å². The number of hydrogen-bond donors (Lipinski definition) is 1. The highest BCUT2D eigenvalue weighted by Gasteiger charge is 2.26. The first kappa shape index (κ1) is 34.8. The molecular formula is C38H39FN4O6S. The van der Waals surface area contributed by atoms with Gasteiger partial charge in [0.25, 0.3) is 0 Å². The number of hydrogen-bond acceptors (Lipinski definition) is 9. The minimum absolute atomic E-state index is 0.155. The van der Waals surface area contributed by atoms with Crippen molar-refractivity contribution in [2.45, 2.75) is 45.9 Å². The zero-order valence-corrected chi connectivity index (χ0v) is 29.1. The Bertz CT molecular complexity index is 1960. The molecule has 0 unspecified atom stereocenters. The third kappa shape index (κ3) is 8.55. The van der Waals surface area contributed by atoms with Crippen molar-refractivity contribution in [3.05, 3.63) is 101 Å². The first-order chi connectivity index (χ1) is 24.2. The van der Waals surface area contributed by atoms with Gasteiger partial charge in [-0.05, 0) is 67.5 Å². The molecule has 0 saturated heterocycles. The number of thiophene rings is 1. The summed E-state index contributed by atoms with van der Waals surface area (Å²) in [6, 6.07) is 22.1. The summed E-state index contributed by atoms with van der Waals surface area (Å²) in [6.45, 7) is 7.46. The molecule has 0 bridgehead atoms. The summed E-state index contributed by atoms with van der Waals surface area (Å²) in [5.74, 6) is -0.125. The second kappa shape index (κ2) is 15.6. The Hall–Kier alpha value is -5.07. The van der Waals surface area contributed by atoms with Crippen molar-refractivity contribution < 1.29 is 32.9 Å². The molecule has 0 atom stereocenters. The molecule has 5 aromatic rings. The van der Waals surface area contributed by atoms with Gasteiger partial charge in [0.15, 0.2) is 0 Å². The van der Waals surface area contributed by atoms with Crippen LogP contribution < -0.4 is 10.1 Å². The SMILES string of the molecule is CC(C)(C)OC(=O)NCCOCCOc1cc(F)ccc1-c1nnc(-c2cccc3c2CN(C(=O)OCc2ccccc2)CC3)c2ccsc12. The number of alkyl carbamates (subject to hydrolysis) is 1. The zero-order chi connectivity index (χ0) is 35.1. The summed E-state index contributed by atoms with van der Waals surface area (Å²) in [5, 5.41) is 14.9. The third-order valence-electron chi connectivity index (χ3n) is 7.98. The highest BCUT2D eigenvalue weighted by atomic mass is 32.1. The lowest BCUT2D eigenvalue weighted by atomic mass is 9.92. The van der Waals surface area contributed by atoms with Crippen LogP contribution >= 0.6 is 11.3 Å². The van der Waals surface area contributed by atoms with Crippen molar-refractivity contribution in [3.63, 3.8) is 0 Å². The van der Waals surface area contributed by atoms with E-state index in [0.717, 1.165) is 32.3 Å². The Morgan fingerprint density at radius 2 is 1.76 bits per heavy atom. The van der Waals surface area contributed by atoms with E-state index in [1.165, 1.54) is 23.5 Å². The molecule has 0 spiro atoms. The van der Waals surface area contributed by atoms with E-state index in [2.05, 4.69) is 16.5 Å². The summed E-state index contributed by atoms with van der Waals surface area (Å²) in [5.41, 5.74) is 5.31. The lowest BCUT2D eigenvalue weighted by Crippen LogP contribution is -2.36. The zero-order valence-electron chi connectivity index (χ0n) is 28.2. The molecule has 0 saturated carbocycles. The Balaban J connectivity index is 1.15. The average Bonchev–Trinajstić information content (AvgIpc) is 3.60. The minimum atomic E-state index is -0.579. The summed E-state index contributed by atoms with van der Waals surface area (Å²) >= 11 is 1.52. The van der Waals surface area contributed by atoms with Crippen LogP contribution in [-0.4, -0.2) is 65.8 Å². The predicted molar refractivity (Wildman–Crippen MR) is 190 cm³/mol. The largest absolute Gasteiger partial charge is 0.490 e. The highest BCUT2D eigenvalue weighted by Crippen LogP contribution is 2.41. The molecular weight excluding hydrogens is 660 g/mol. The van der Waals surface area contributed by atoms with Crippen molar-refractivity contribution in [2.24, 2.45) is 0 Å². The molecule has 3 heterocycles. The number of halogens is 1. The molecule has 0 radical (unpaired) electrons. The number of rotatable bonds is 11. The monoisotopic (exact) mass is 698 g/mol. The number of nitrogens with one attached hydrogen (secondary N) is 1. The number of benzene rings is 3. The van der Waals surface area contributed by atoms with Crippen molar-refractivity contribution in [1.82, 2.24) is 20.4 Å².